The van der Waals surface area contributed by atoms with Crippen LogP contribution in [0.15, 0.2) is 36.7 Å². The van der Waals surface area contributed by atoms with Crippen LogP contribution in [0.25, 0.3) is 11.0 Å². The number of nitro benzene ring substituents is 1. The Morgan fingerprint density at radius 1 is 1.33 bits per heavy atom. The van der Waals surface area contributed by atoms with Crippen molar-refractivity contribution < 1.29 is 15.2 Å². The van der Waals surface area contributed by atoms with Crippen LogP contribution in [0.1, 0.15) is 28.9 Å². The van der Waals surface area contributed by atoms with Crippen molar-refractivity contribution in [3.8, 4) is 0 Å². The SMILES string of the molecule is Br.Br.CC(N)c1ccc(C(=O)Nc2ccnc3[nH]ncc23)cc1[N+](=O)[O-].O. The highest BCUT2D eigenvalue weighted by molar-refractivity contribution is 8.93. The number of benzene rings is 1. The van der Waals surface area contributed by atoms with Crippen LogP contribution in [0.4, 0.5) is 11.4 Å². The number of nitrogens with zero attached hydrogens (tertiary/aromatic N) is 3. The van der Waals surface area contributed by atoms with Gasteiger partial charge < -0.3 is 16.5 Å². The monoisotopic (exact) mass is 504 g/mol. The molecule has 146 valence electrons. The number of hydrogen-bond donors (Lipinski definition) is 3. The van der Waals surface area contributed by atoms with Gasteiger partial charge in [-0.2, -0.15) is 5.10 Å². The summed E-state index contributed by atoms with van der Waals surface area (Å²) in [5.41, 5.74) is 7.13. The van der Waals surface area contributed by atoms with E-state index in [2.05, 4.69) is 20.5 Å². The van der Waals surface area contributed by atoms with Crippen molar-refractivity contribution in [3.05, 3.63) is 57.9 Å². The number of H-pyrrole nitrogens is 1. The molecule has 1 unspecified atom stereocenters. The number of fused-ring (bicyclic) bond motifs is 1. The Hall–Kier alpha value is -2.41. The second kappa shape index (κ2) is 10.1. The lowest BCUT2D eigenvalue weighted by Crippen LogP contribution is -2.14. The minimum Gasteiger partial charge on any atom is -0.412 e. The zero-order valence-electron chi connectivity index (χ0n) is 14.0. The molecule has 0 saturated heterocycles. The number of nitrogens with one attached hydrogen (secondary N) is 2. The van der Waals surface area contributed by atoms with Crippen molar-refractivity contribution in [3.63, 3.8) is 0 Å². The molecule has 6 N–H and O–H groups in total. The molecule has 0 bridgehead atoms. The van der Waals surface area contributed by atoms with E-state index in [1.807, 2.05) is 0 Å². The highest BCUT2D eigenvalue weighted by Gasteiger charge is 2.20. The molecule has 0 radical (unpaired) electrons. The van der Waals surface area contributed by atoms with Crippen molar-refractivity contribution in [2.24, 2.45) is 5.73 Å². The fourth-order valence-electron chi connectivity index (χ4n) is 2.38. The van der Waals surface area contributed by atoms with E-state index in [9.17, 15) is 14.9 Å². The number of amides is 1. The van der Waals surface area contributed by atoms with E-state index in [4.69, 9.17) is 5.73 Å². The van der Waals surface area contributed by atoms with E-state index in [1.165, 1.54) is 24.4 Å². The lowest BCUT2D eigenvalue weighted by molar-refractivity contribution is -0.385. The third-order valence-corrected chi connectivity index (χ3v) is 3.58. The molecular weight excluding hydrogens is 488 g/mol. The Morgan fingerprint density at radius 3 is 2.67 bits per heavy atom. The molecule has 0 aliphatic heterocycles. The molecule has 0 aliphatic carbocycles. The van der Waals surface area contributed by atoms with Gasteiger partial charge in [0, 0.05) is 29.4 Å². The van der Waals surface area contributed by atoms with Crippen molar-refractivity contribution in [1.29, 1.82) is 0 Å². The van der Waals surface area contributed by atoms with Gasteiger partial charge in [-0.15, -0.1) is 34.0 Å². The number of aromatic nitrogens is 3. The van der Waals surface area contributed by atoms with Crippen LogP contribution in [0.2, 0.25) is 0 Å². The Kier molecular flexibility index (Phi) is 9.16. The number of halogens is 2. The molecule has 1 aromatic carbocycles. The summed E-state index contributed by atoms with van der Waals surface area (Å²) in [5, 5.41) is 21.1. The zero-order valence-corrected chi connectivity index (χ0v) is 17.4. The number of nitrogens with two attached hydrogens (primary N) is 1. The van der Waals surface area contributed by atoms with E-state index in [1.54, 1.807) is 19.2 Å². The second-order valence-corrected chi connectivity index (χ2v) is 5.26. The Morgan fingerprint density at radius 2 is 2.04 bits per heavy atom. The van der Waals surface area contributed by atoms with E-state index >= 15 is 0 Å². The summed E-state index contributed by atoms with van der Waals surface area (Å²) in [5.74, 6) is -0.469. The average molecular weight is 506 g/mol. The minimum atomic E-state index is -0.545. The number of hydrogen-bond acceptors (Lipinski definition) is 6. The molecule has 10 nitrogen and oxygen atoms in total. The molecular formula is C15H18Br2N6O4. The first-order valence-electron chi connectivity index (χ1n) is 7.10. The Bertz CT molecular complexity index is 947. The Labute approximate surface area is 174 Å². The van der Waals surface area contributed by atoms with Crippen molar-refractivity contribution >= 4 is 62.3 Å². The highest BCUT2D eigenvalue weighted by Crippen LogP contribution is 2.26. The van der Waals surface area contributed by atoms with Gasteiger partial charge in [0.05, 0.1) is 22.2 Å². The normalized spacial score (nSPS) is 10.7. The predicted molar refractivity (Wildman–Crippen MR) is 112 cm³/mol. The van der Waals surface area contributed by atoms with Gasteiger partial charge in [-0.3, -0.25) is 20.0 Å². The average Bonchev–Trinajstić information content (AvgIpc) is 3.03. The molecule has 2 aromatic heterocycles. The van der Waals surface area contributed by atoms with Crippen LogP contribution >= 0.6 is 34.0 Å². The summed E-state index contributed by atoms with van der Waals surface area (Å²) >= 11 is 0. The fourth-order valence-corrected chi connectivity index (χ4v) is 2.38. The van der Waals surface area contributed by atoms with Gasteiger partial charge in [-0.25, -0.2) is 4.98 Å². The molecule has 3 rings (SSSR count). The van der Waals surface area contributed by atoms with E-state index < -0.39 is 16.9 Å². The second-order valence-electron chi connectivity index (χ2n) is 5.26. The van der Waals surface area contributed by atoms with Crippen molar-refractivity contribution in [2.45, 2.75) is 13.0 Å². The van der Waals surface area contributed by atoms with Crippen molar-refractivity contribution in [1.82, 2.24) is 15.2 Å². The van der Waals surface area contributed by atoms with Gasteiger partial charge in [0.15, 0.2) is 5.65 Å². The third-order valence-electron chi connectivity index (χ3n) is 3.58. The third kappa shape index (κ3) is 5.07. The summed E-state index contributed by atoms with van der Waals surface area (Å²) in [7, 11) is 0. The van der Waals surface area contributed by atoms with Gasteiger partial charge >= 0.3 is 0 Å². The molecule has 1 atom stereocenters. The minimum absolute atomic E-state index is 0. The number of nitro groups is 1. The standard InChI is InChI=1S/C15H14N6O3.2BrH.H2O/c1-8(16)10-3-2-9(6-13(10)21(23)24)15(22)19-12-4-5-17-14-11(12)7-18-20-14;;;/h2-8H,16H2,1H3,(H2,17,18,19,20,22);2*1H;1H2. The van der Waals surface area contributed by atoms with Crippen LogP contribution in [0, 0.1) is 10.1 Å². The maximum Gasteiger partial charge on any atom is 0.274 e. The molecule has 0 spiro atoms. The number of carbonyl (C=O) groups excluding carboxylic acids is 1. The molecule has 1 amide bonds. The number of pyridine rings is 1. The van der Waals surface area contributed by atoms with Gasteiger partial charge in [0.1, 0.15) is 0 Å². The van der Waals surface area contributed by atoms with Crippen LogP contribution in [0.3, 0.4) is 0 Å². The fraction of sp³-hybridized carbons (Fsp3) is 0.133. The summed E-state index contributed by atoms with van der Waals surface area (Å²) in [6.45, 7) is 1.65. The number of anilines is 1. The van der Waals surface area contributed by atoms with E-state index in [-0.39, 0.29) is 50.7 Å². The largest absolute Gasteiger partial charge is 0.412 e. The number of carbonyl (C=O) groups is 1. The molecule has 0 saturated carbocycles. The van der Waals surface area contributed by atoms with Gasteiger partial charge in [0.2, 0.25) is 0 Å². The topological polar surface area (TPSA) is 171 Å². The first-order valence-corrected chi connectivity index (χ1v) is 7.10. The maximum absolute atomic E-state index is 12.4. The summed E-state index contributed by atoms with van der Waals surface area (Å²) in [6.07, 6.45) is 3.07. The van der Waals surface area contributed by atoms with Crippen LogP contribution in [0.5, 0.6) is 0 Å². The first kappa shape index (κ1) is 24.6. The van der Waals surface area contributed by atoms with Crippen molar-refractivity contribution in [2.75, 3.05) is 5.32 Å². The molecule has 0 aliphatic rings. The first-order chi connectivity index (χ1) is 11.5. The number of aromatic amines is 1. The zero-order chi connectivity index (χ0) is 17.3. The van der Waals surface area contributed by atoms with Gasteiger partial charge in [-0.1, -0.05) is 0 Å². The highest BCUT2D eigenvalue weighted by atomic mass is 79.9. The van der Waals surface area contributed by atoms with Crippen LogP contribution < -0.4 is 11.1 Å². The molecule has 27 heavy (non-hydrogen) atoms. The summed E-state index contributed by atoms with van der Waals surface area (Å²) in [4.78, 5) is 27.1. The maximum atomic E-state index is 12.4. The summed E-state index contributed by atoms with van der Waals surface area (Å²) < 4.78 is 0. The molecule has 12 heteroatoms. The van der Waals surface area contributed by atoms with Gasteiger partial charge in [-0.05, 0) is 25.1 Å². The quantitative estimate of drug-likeness (QED) is 0.362. The molecule has 0 fully saturated rings. The molecule has 2 heterocycles. The van der Waals surface area contributed by atoms with E-state index in [0.29, 0.717) is 22.3 Å². The lowest BCUT2D eigenvalue weighted by atomic mass is 10.0. The Balaban J connectivity index is 0.00000225. The van der Waals surface area contributed by atoms with Crippen LogP contribution in [-0.2, 0) is 0 Å². The smallest absolute Gasteiger partial charge is 0.274 e. The molecule has 3 aromatic rings. The van der Waals surface area contributed by atoms with Crippen LogP contribution in [-0.4, -0.2) is 31.5 Å². The van der Waals surface area contributed by atoms with Gasteiger partial charge in [0.25, 0.3) is 11.6 Å². The van der Waals surface area contributed by atoms with E-state index in [0.717, 1.165) is 0 Å². The number of rotatable bonds is 4. The summed E-state index contributed by atoms with van der Waals surface area (Å²) in [6, 6.07) is 5.35. The lowest BCUT2D eigenvalue weighted by Gasteiger charge is -2.09. The predicted octanol–water partition coefficient (Wildman–Crippen LogP) is 2.47.